The molecular weight excluding hydrogens is 387 g/mol. The number of ether oxygens (including phenoxy) is 2. The van der Waals surface area contributed by atoms with Gasteiger partial charge in [0.15, 0.2) is 6.29 Å². The van der Waals surface area contributed by atoms with Gasteiger partial charge in [0.25, 0.3) is 0 Å². The molecule has 4 rings (SSSR count). The smallest absolute Gasteiger partial charge is 0.343 e. The SMILES string of the molecule is CC(O)c1oc(=O)c2ccccc2c1-c1cc(F)cc(C2OC(C)(C)C(C)(C)O2)c1. The summed E-state index contributed by atoms with van der Waals surface area (Å²) in [5.74, 6) is -0.395. The molecule has 1 aliphatic rings. The van der Waals surface area contributed by atoms with E-state index < -0.39 is 35.0 Å². The highest BCUT2D eigenvalue weighted by molar-refractivity contribution is 5.96. The maximum absolute atomic E-state index is 14.7. The molecule has 1 saturated heterocycles. The average Bonchev–Trinajstić information content (AvgIpc) is 2.88. The Morgan fingerprint density at radius 1 is 1.00 bits per heavy atom. The number of hydrogen-bond acceptors (Lipinski definition) is 5. The van der Waals surface area contributed by atoms with E-state index in [2.05, 4.69) is 0 Å². The molecule has 1 atom stereocenters. The van der Waals surface area contributed by atoms with Crippen molar-refractivity contribution in [2.75, 3.05) is 0 Å². The highest BCUT2D eigenvalue weighted by atomic mass is 19.1. The molecule has 1 N–H and O–H groups in total. The summed E-state index contributed by atoms with van der Waals surface area (Å²) >= 11 is 0. The Labute approximate surface area is 174 Å². The third-order valence-corrected chi connectivity index (χ3v) is 5.98. The largest absolute Gasteiger partial charge is 0.424 e. The van der Waals surface area contributed by atoms with Crippen molar-refractivity contribution in [2.45, 2.75) is 58.2 Å². The van der Waals surface area contributed by atoms with Gasteiger partial charge >= 0.3 is 5.63 Å². The Kier molecular flexibility index (Phi) is 4.84. The third kappa shape index (κ3) is 3.35. The molecule has 3 aromatic rings. The van der Waals surface area contributed by atoms with Crippen LogP contribution >= 0.6 is 0 Å². The number of rotatable bonds is 3. The molecule has 2 aromatic carbocycles. The molecule has 1 fully saturated rings. The van der Waals surface area contributed by atoms with Crippen LogP contribution in [0.4, 0.5) is 4.39 Å². The minimum atomic E-state index is -1.05. The van der Waals surface area contributed by atoms with E-state index in [4.69, 9.17) is 13.9 Å². The molecule has 0 aliphatic carbocycles. The summed E-state index contributed by atoms with van der Waals surface area (Å²) in [6.45, 7) is 9.22. The van der Waals surface area contributed by atoms with E-state index in [1.165, 1.54) is 19.1 Å². The average molecular weight is 412 g/mol. The normalized spacial score (nSPS) is 19.3. The first kappa shape index (κ1) is 20.7. The number of fused-ring (bicyclic) bond motifs is 1. The fraction of sp³-hybridized carbons (Fsp3) is 0.375. The van der Waals surface area contributed by atoms with Crippen LogP contribution in [-0.2, 0) is 9.47 Å². The van der Waals surface area contributed by atoms with Gasteiger partial charge in [0, 0.05) is 16.5 Å². The van der Waals surface area contributed by atoms with E-state index in [1.807, 2.05) is 27.7 Å². The zero-order valence-electron chi connectivity index (χ0n) is 17.7. The molecule has 0 radical (unpaired) electrons. The van der Waals surface area contributed by atoms with Gasteiger partial charge in [-0.25, -0.2) is 9.18 Å². The van der Waals surface area contributed by atoms with Gasteiger partial charge in [0.05, 0.1) is 16.6 Å². The standard InChI is InChI=1S/C24H25FO5/c1-13(26)20-19(17-8-6-7-9-18(17)21(27)28-20)14-10-15(12-16(25)11-14)22-29-23(2,3)24(4,5)30-22/h6-13,22,26H,1-5H3. The van der Waals surface area contributed by atoms with Gasteiger partial charge in [-0.3, -0.25) is 0 Å². The van der Waals surface area contributed by atoms with Crippen LogP contribution in [0.25, 0.3) is 21.9 Å². The molecule has 30 heavy (non-hydrogen) atoms. The van der Waals surface area contributed by atoms with Crippen molar-refractivity contribution in [3.05, 3.63) is 70.0 Å². The zero-order chi connectivity index (χ0) is 21.8. The molecule has 0 spiro atoms. The number of benzene rings is 2. The zero-order valence-corrected chi connectivity index (χ0v) is 17.7. The van der Waals surface area contributed by atoms with Crippen LogP contribution < -0.4 is 5.63 Å². The van der Waals surface area contributed by atoms with Gasteiger partial charge in [0.2, 0.25) is 0 Å². The molecule has 1 unspecified atom stereocenters. The molecule has 1 aromatic heterocycles. The van der Waals surface area contributed by atoms with Crippen molar-refractivity contribution in [1.29, 1.82) is 0 Å². The van der Waals surface area contributed by atoms with Gasteiger partial charge < -0.3 is 19.0 Å². The molecule has 0 amide bonds. The molecule has 2 heterocycles. The van der Waals surface area contributed by atoms with E-state index in [0.717, 1.165) is 0 Å². The van der Waals surface area contributed by atoms with Crippen LogP contribution in [0.1, 0.15) is 58.3 Å². The number of hydrogen-bond donors (Lipinski definition) is 1. The van der Waals surface area contributed by atoms with E-state index >= 15 is 0 Å². The summed E-state index contributed by atoms with van der Waals surface area (Å²) in [5.41, 5.74) is -0.237. The predicted molar refractivity (Wildman–Crippen MR) is 112 cm³/mol. The highest BCUT2D eigenvalue weighted by Crippen LogP contribution is 2.46. The predicted octanol–water partition coefficient (Wildman–Crippen LogP) is 5.26. The van der Waals surface area contributed by atoms with Crippen LogP contribution in [0.15, 0.2) is 51.7 Å². The first-order valence-corrected chi connectivity index (χ1v) is 9.90. The van der Waals surface area contributed by atoms with Crippen LogP contribution in [0, 0.1) is 5.82 Å². The van der Waals surface area contributed by atoms with Crippen molar-refractivity contribution in [3.8, 4) is 11.1 Å². The Morgan fingerprint density at radius 2 is 1.60 bits per heavy atom. The van der Waals surface area contributed by atoms with Crippen molar-refractivity contribution in [2.24, 2.45) is 0 Å². The maximum Gasteiger partial charge on any atom is 0.343 e. The van der Waals surface area contributed by atoms with Crippen LogP contribution in [0.5, 0.6) is 0 Å². The topological polar surface area (TPSA) is 68.9 Å². The van der Waals surface area contributed by atoms with Gasteiger partial charge in [-0.05, 0) is 64.4 Å². The molecule has 0 saturated carbocycles. The minimum absolute atomic E-state index is 0.0872. The summed E-state index contributed by atoms with van der Waals surface area (Å²) in [6, 6.07) is 11.4. The van der Waals surface area contributed by atoms with Crippen LogP contribution in [-0.4, -0.2) is 16.3 Å². The molecule has 1 aliphatic heterocycles. The van der Waals surface area contributed by atoms with Crippen molar-refractivity contribution < 1.29 is 23.4 Å². The Balaban J connectivity index is 1.93. The number of aliphatic hydroxyl groups is 1. The van der Waals surface area contributed by atoms with Crippen molar-refractivity contribution in [3.63, 3.8) is 0 Å². The van der Waals surface area contributed by atoms with Crippen LogP contribution in [0.3, 0.4) is 0 Å². The van der Waals surface area contributed by atoms with E-state index in [0.29, 0.717) is 27.5 Å². The quantitative estimate of drug-likeness (QED) is 0.636. The summed E-state index contributed by atoms with van der Waals surface area (Å²) in [6.07, 6.45) is -1.80. The first-order chi connectivity index (χ1) is 14.0. The Hall–Kier alpha value is -2.54. The van der Waals surface area contributed by atoms with E-state index in [-0.39, 0.29) is 5.76 Å². The molecular formula is C24H25FO5. The van der Waals surface area contributed by atoms with E-state index in [9.17, 15) is 14.3 Å². The number of halogens is 1. The Morgan fingerprint density at radius 3 is 2.20 bits per heavy atom. The molecule has 6 heteroatoms. The molecule has 0 bridgehead atoms. The lowest BCUT2D eigenvalue weighted by molar-refractivity contribution is -0.0896. The summed E-state index contributed by atoms with van der Waals surface area (Å²) in [7, 11) is 0. The lowest BCUT2D eigenvalue weighted by atomic mass is 9.90. The van der Waals surface area contributed by atoms with Gasteiger partial charge in [-0.1, -0.05) is 18.2 Å². The highest BCUT2D eigenvalue weighted by Gasteiger charge is 2.49. The first-order valence-electron chi connectivity index (χ1n) is 9.90. The van der Waals surface area contributed by atoms with E-state index in [1.54, 1.807) is 30.3 Å². The minimum Gasteiger partial charge on any atom is -0.424 e. The summed E-state index contributed by atoms with van der Waals surface area (Å²) in [4.78, 5) is 12.4. The van der Waals surface area contributed by atoms with Gasteiger partial charge in [0.1, 0.15) is 17.7 Å². The van der Waals surface area contributed by atoms with Gasteiger partial charge in [-0.2, -0.15) is 0 Å². The maximum atomic E-state index is 14.7. The fourth-order valence-corrected chi connectivity index (χ4v) is 3.68. The monoisotopic (exact) mass is 412 g/mol. The second-order valence-electron chi connectivity index (χ2n) is 8.71. The lowest BCUT2D eigenvalue weighted by Crippen LogP contribution is -2.41. The Bertz CT molecular complexity index is 1160. The fourth-order valence-electron chi connectivity index (χ4n) is 3.68. The lowest BCUT2D eigenvalue weighted by Gasteiger charge is -2.30. The summed E-state index contributed by atoms with van der Waals surface area (Å²) < 4.78 is 32.3. The van der Waals surface area contributed by atoms with Crippen LogP contribution in [0.2, 0.25) is 0 Å². The van der Waals surface area contributed by atoms with Crippen molar-refractivity contribution in [1.82, 2.24) is 0 Å². The molecule has 5 nitrogen and oxygen atoms in total. The second-order valence-corrected chi connectivity index (χ2v) is 8.71. The second kappa shape index (κ2) is 7.01. The third-order valence-electron chi connectivity index (χ3n) is 5.98. The molecule has 158 valence electrons. The van der Waals surface area contributed by atoms with Crippen molar-refractivity contribution >= 4 is 10.8 Å². The summed E-state index contributed by atoms with van der Waals surface area (Å²) in [5, 5.41) is 11.2. The number of aliphatic hydroxyl groups excluding tert-OH is 1. The van der Waals surface area contributed by atoms with Gasteiger partial charge in [-0.15, -0.1) is 0 Å².